The lowest BCUT2D eigenvalue weighted by molar-refractivity contribution is 0.0972. The minimum atomic E-state index is -0.587. The summed E-state index contributed by atoms with van der Waals surface area (Å²) < 4.78 is 22.5. The van der Waals surface area contributed by atoms with Crippen LogP contribution in [0.2, 0.25) is 0 Å². The van der Waals surface area contributed by atoms with Crippen molar-refractivity contribution in [2.45, 2.75) is 39.0 Å². The van der Waals surface area contributed by atoms with Crippen molar-refractivity contribution in [1.82, 2.24) is 15.0 Å². The Morgan fingerprint density at radius 3 is 2.65 bits per heavy atom. The number of phenolic OH excluding ortho intramolecular Hbond substituents is 1. The molecule has 5 aromatic rings. The molecule has 2 fully saturated rings. The van der Waals surface area contributed by atoms with E-state index in [0.717, 1.165) is 29.4 Å². The number of rotatable bonds is 8. The lowest BCUT2D eigenvalue weighted by Gasteiger charge is -2.33. The molecular weight excluding hydrogens is 543 g/mol. The van der Waals surface area contributed by atoms with Gasteiger partial charge in [0, 0.05) is 36.8 Å². The Balaban J connectivity index is 1.23. The maximum atomic E-state index is 16.5. The number of benzene rings is 3. The Kier molecular flexibility index (Phi) is 7.13. The van der Waals surface area contributed by atoms with Gasteiger partial charge in [0.2, 0.25) is 0 Å². The summed E-state index contributed by atoms with van der Waals surface area (Å²) in [4.78, 5) is 28.8. The molecule has 43 heavy (non-hydrogen) atoms. The SMILES string of the molecule is Cc1cccc(C(=O)CCCOc2nc(N3CC4CCC(C4)C3)c3cnc(-c4cc(O)cc5ccccc45)c(F)c3n2)c1. The third-order valence-electron chi connectivity index (χ3n) is 8.77. The fourth-order valence-electron chi connectivity index (χ4n) is 6.75. The van der Waals surface area contributed by atoms with Crippen LogP contribution in [0.25, 0.3) is 32.9 Å². The highest BCUT2D eigenvalue weighted by atomic mass is 19.1. The number of nitrogens with zero attached hydrogens (tertiary/aromatic N) is 4. The van der Waals surface area contributed by atoms with E-state index < -0.39 is 5.82 Å². The Labute approximate surface area is 249 Å². The molecule has 0 spiro atoms. The van der Waals surface area contributed by atoms with E-state index in [1.807, 2.05) is 55.5 Å². The van der Waals surface area contributed by atoms with Crippen molar-refractivity contribution in [3.05, 3.63) is 83.8 Å². The number of hydrogen-bond donors (Lipinski definition) is 1. The number of anilines is 1. The number of ketones is 1. The predicted molar refractivity (Wildman–Crippen MR) is 165 cm³/mol. The standard InChI is InChI=1S/C35H33FN4O3/c1-21-6-4-8-25(14-21)30(42)10-5-13-43-35-38-33-29(34(39-35)40-19-22-11-12-23(15-22)20-40)18-37-32(31(33)36)28-17-26(41)16-24-7-2-3-9-27(24)28/h2-4,6-9,14,16-18,22-23,41H,5,10-13,15,19-20H2,1H3. The molecule has 1 aliphatic heterocycles. The summed E-state index contributed by atoms with van der Waals surface area (Å²) in [6.45, 7) is 3.90. The minimum absolute atomic E-state index is 0.0337. The lowest BCUT2D eigenvalue weighted by atomic mass is 9.98. The molecule has 2 unspecified atom stereocenters. The van der Waals surface area contributed by atoms with Gasteiger partial charge in [-0.2, -0.15) is 9.97 Å². The highest BCUT2D eigenvalue weighted by Crippen LogP contribution is 2.41. The maximum absolute atomic E-state index is 16.5. The van der Waals surface area contributed by atoms with Crippen molar-refractivity contribution < 1.29 is 19.0 Å². The molecule has 1 saturated heterocycles. The molecule has 7 nitrogen and oxygen atoms in total. The summed E-state index contributed by atoms with van der Waals surface area (Å²) >= 11 is 0. The van der Waals surface area contributed by atoms with E-state index in [4.69, 9.17) is 9.72 Å². The number of aromatic hydroxyl groups is 1. The second-order valence-corrected chi connectivity index (χ2v) is 11.9. The van der Waals surface area contributed by atoms with E-state index >= 15 is 4.39 Å². The Morgan fingerprint density at radius 1 is 1.02 bits per heavy atom. The third-order valence-corrected chi connectivity index (χ3v) is 8.77. The number of Topliss-reactive ketones (excluding diaryl/α,β-unsaturated/α-hetero) is 1. The van der Waals surface area contributed by atoms with E-state index in [1.165, 1.54) is 25.3 Å². The highest BCUT2D eigenvalue weighted by Gasteiger charge is 2.34. The van der Waals surface area contributed by atoms with Crippen LogP contribution >= 0.6 is 0 Å². The average Bonchev–Trinajstić information content (AvgIpc) is 3.35. The number of carbonyl (C=O) groups is 1. The van der Waals surface area contributed by atoms with Gasteiger partial charge in [-0.1, -0.05) is 48.0 Å². The fourth-order valence-corrected chi connectivity index (χ4v) is 6.75. The Morgan fingerprint density at radius 2 is 1.84 bits per heavy atom. The number of halogens is 1. The summed E-state index contributed by atoms with van der Waals surface area (Å²) in [6.07, 6.45) is 6.07. The normalized spacial score (nSPS) is 18.0. The number of aryl methyl sites for hydroxylation is 1. The number of hydrogen-bond acceptors (Lipinski definition) is 7. The van der Waals surface area contributed by atoms with Gasteiger partial charge in [0.1, 0.15) is 22.8 Å². The summed E-state index contributed by atoms with van der Waals surface area (Å²) in [5.74, 6) is 1.32. The number of ether oxygens (including phenoxy) is 1. The van der Waals surface area contributed by atoms with Gasteiger partial charge in [0.05, 0.1) is 12.0 Å². The van der Waals surface area contributed by atoms with Crippen LogP contribution in [-0.4, -0.2) is 45.5 Å². The molecule has 3 heterocycles. The molecule has 8 heteroatoms. The lowest BCUT2D eigenvalue weighted by Crippen LogP contribution is -2.37. The first-order valence-electron chi connectivity index (χ1n) is 15.0. The molecule has 1 saturated carbocycles. The van der Waals surface area contributed by atoms with Gasteiger partial charge in [-0.15, -0.1) is 0 Å². The van der Waals surface area contributed by atoms with Gasteiger partial charge in [-0.3, -0.25) is 9.78 Å². The Bertz CT molecular complexity index is 1850. The maximum Gasteiger partial charge on any atom is 0.319 e. The molecule has 2 bridgehead atoms. The molecule has 3 aromatic carbocycles. The van der Waals surface area contributed by atoms with Gasteiger partial charge in [0.25, 0.3) is 0 Å². The van der Waals surface area contributed by atoms with Gasteiger partial charge >= 0.3 is 6.01 Å². The van der Waals surface area contributed by atoms with Crippen LogP contribution in [0.15, 0.2) is 66.9 Å². The molecule has 2 atom stereocenters. The first-order valence-corrected chi connectivity index (χ1v) is 15.0. The number of phenols is 1. The van der Waals surface area contributed by atoms with Crippen LogP contribution in [-0.2, 0) is 0 Å². The molecular formula is C35H33FN4O3. The van der Waals surface area contributed by atoms with Gasteiger partial charge in [-0.25, -0.2) is 4.39 Å². The van der Waals surface area contributed by atoms with Gasteiger partial charge in [-0.05, 0) is 73.4 Å². The first kappa shape index (κ1) is 27.3. The summed E-state index contributed by atoms with van der Waals surface area (Å²) in [5.41, 5.74) is 2.46. The number of fused-ring (bicyclic) bond motifs is 4. The molecule has 2 aromatic heterocycles. The van der Waals surface area contributed by atoms with Crippen molar-refractivity contribution in [1.29, 1.82) is 0 Å². The van der Waals surface area contributed by atoms with Crippen LogP contribution in [0.4, 0.5) is 10.2 Å². The van der Waals surface area contributed by atoms with Crippen molar-refractivity contribution >= 4 is 33.3 Å². The third kappa shape index (κ3) is 5.38. The minimum Gasteiger partial charge on any atom is -0.508 e. The smallest absolute Gasteiger partial charge is 0.319 e. The first-order chi connectivity index (χ1) is 20.9. The summed E-state index contributed by atoms with van der Waals surface area (Å²) in [5, 5.41) is 12.5. The van der Waals surface area contributed by atoms with Gasteiger partial charge in [0.15, 0.2) is 11.6 Å². The van der Waals surface area contributed by atoms with E-state index in [0.29, 0.717) is 47.0 Å². The van der Waals surface area contributed by atoms with Crippen molar-refractivity contribution in [3.63, 3.8) is 0 Å². The molecule has 218 valence electrons. The Hall–Kier alpha value is -4.59. The molecule has 2 aliphatic rings. The molecule has 0 radical (unpaired) electrons. The molecule has 1 aliphatic carbocycles. The number of piperidine rings is 1. The van der Waals surface area contributed by atoms with Crippen LogP contribution in [0.1, 0.15) is 48.0 Å². The molecule has 1 N–H and O–H groups in total. The van der Waals surface area contributed by atoms with Crippen LogP contribution in [0, 0.1) is 24.6 Å². The highest BCUT2D eigenvalue weighted by molar-refractivity contribution is 6.00. The van der Waals surface area contributed by atoms with Crippen LogP contribution in [0.3, 0.4) is 0 Å². The predicted octanol–water partition coefficient (Wildman–Crippen LogP) is 7.28. The van der Waals surface area contributed by atoms with Gasteiger partial charge < -0.3 is 14.7 Å². The van der Waals surface area contributed by atoms with Crippen molar-refractivity contribution in [2.24, 2.45) is 11.8 Å². The number of pyridine rings is 1. The zero-order valence-electron chi connectivity index (χ0n) is 24.1. The average molecular weight is 577 g/mol. The number of aromatic nitrogens is 3. The van der Waals surface area contributed by atoms with E-state index in [9.17, 15) is 9.90 Å². The van der Waals surface area contributed by atoms with E-state index in [-0.39, 0.29) is 35.4 Å². The summed E-state index contributed by atoms with van der Waals surface area (Å²) in [7, 11) is 0. The molecule has 0 amide bonds. The van der Waals surface area contributed by atoms with Crippen LogP contribution in [0.5, 0.6) is 11.8 Å². The summed E-state index contributed by atoms with van der Waals surface area (Å²) in [6, 6.07) is 18.3. The van der Waals surface area contributed by atoms with Crippen molar-refractivity contribution in [2.75, 3.05) is 24.6 Å². The largest absolute Gasteiger partial charge is 0.508 e. The monoisotopic (exact) mass is 576 g/mol. The second-order valence-electron chi connectivity index (χ2n) is 11.9. The quantitative estimate of drug-likeness (QED) is 0.153. The number of carbonyl (C=O) groups excluding carboxylic acids is 1. The fraction of sp³-hybridized carbons (Fsp3) is 0.314. The van der Waals surface area contributed by atoms with E-state index in [1.54, 1.807) is 12.3 Å². The topological polar surface area (TPSA) is 88.4 Å². The van der Waals surface area contributed by atoms with Crippen LogP contribution < -0.4 is 9.64 Å². The second kappa shape index (κ2) is 11.2. The zero-order valence-corrected chi connectivity index (χ0v) is 24.1. The zero-order chi connectivity index (χ0) is 29.5. The molecule has 7 rings (SSSR count). The van der Waals surface area contributed by atoms with E-state index in [2.05, 4.69) is 14.9 Å². The van der Waals surface area contributed by atoms with Crippen molar-refractivity contribution in [3.8, 4) is 23.0 Å².